The highest BCUT2D eigenvalue weighted by molar-refractivity contribution is 8.76. The number of nitrogens with zero attached hydrogens (tertiary/aromatic N) is 1. The van der Waals surface area contributed by atoms with Crippen LogP contribution in [0.5, 0.6) is 5.75 Å². The number of hydrogen-bond donors (Lipinski definition) is 0. The third-order valence-corrected chi connectivity index (χ3v) is 7.66. The van der Waals surface area contributed by atoms with Crippen molar-refractivity contribution in [1.29, 1.82) is 0 Å². The predicted molar refractivity (Wildman–Crippen MR) is 114 cm³/mol. The molecule has 0 bridgehead atoms. The van der Waals surface area contributed by atoms with Gasteiger partial charge in [-0.05, 0) is 30.2 Å². The molecule has 0 spiro atoms. The van der Waals surface area contributed by atoms with Crippen LogP contribution in [0.4, 0.5) is 32.6 Å². The molecule has 0 radical (unpaired) electrons. The monoisotopic (exact) mass is 579 g/mol. The molecule has 1 aromatic rings. The first-order valence-electron chi connectivity index (χ1n) is 9.38. The highest BCUT2D eigenvalue weighted by Crippen LogP contribution is 3.02. The first kappa shape index (κ1) is 29.2. The molecule has 2 rings (SSSR count). The zero-order valence-corrected chi connectivity index (χ0v) is 19.9. The molecular weight excluding hydrogens is 562 g/mol. The molecule has 0 aliphatic carbocycles. The molecule has 0 saturated heterocycles. The molecule has 1 heterocycles. The molecule has 1 atom stereocenters. The standard InChI is InChI=1S/C17H17F8NO6S3/c1-2-10-7-12(35(21,22,23,24)25)8-11-9-13(15(17(18,19)20)32-14(10)11)16(27)30-3-5-33-34-6-4-31-26(28)29/h7-9,15H,2-6H2,1H3. The molecular formula is C17H17F8NO6S3. The molecule has 0 aromatic heterocycles. The largest absolute Gasteiger partial charge is 0.475 e. The van der Waals surface area contributed by atoms with Crippen molar-refractivity contribution < 1.29 is 56.8 Å². The van der Waals surface area contributed by atoms with E-state index in [0.29, 0.717) is 6.08 Å². The van der Waals surface area contributed by atoms with Crippen molar-refractivity contribution >= 4 is 43.9 Å². The Balaban J connectivity index is 2.25. The Hall–Kier alpha value is -2.08. The fourth-order valence-corrected chi connectivity index (χ4v) is 5.13. The second-order valence-corrected chi connectivity index (χ2v) is 11.9. The predicted octanol–water partition coefficient (Wildman–Crippen LogP) is 6.75. The van der Waals surface area contributed by atoms with Crippen LogP contribution in [-0.2, 0) is 20.8 Å². The molecule has 1 aliphatic rings. The molecule has 0 saturated carbocycles. The lowest BCUT2D eigenvalue weighted by Gasteiger charge is -2.41. The van der Waals surface area contributed by atoms with Crippen molar-refractivity contribution in [2.24, 2.45) is 0 Å². The molecule has 7 nitrogen and oxygen atoms in total. The Morgan fingerprint density at radius 3 is 2.26 bits per heavy atom. The van der Waals surface area contributed by atoms with Gasteiger partial charge in [-0.25, -0.2) is 4.79 Å². The van der Waals surface area contributed by atoms with Gasteiger partial charge >= 0.3 is 22.4 Å². The van der Waals surface area contributed by atoms with Gasteiger partial charge in [-0.2, -0.15) is 13.2 Å². The molecule has 35 heavy (non-hydrogen) atoms. The van der Waals surface area contributed by atoms with Gasteiger partial charge in [-0.3, -0.25) is 0 Å². The van der Waals surface area contributed by atoms with Crippen LogP contribution in [0.2, 0.25) is 0 Å². The van der Waals surface area contributed by atoms with Crippen LogP contribution in [0.1, 0.15) is 18.1 Å². The third-order valence-electron chi connectivity index (χ3n) is 4.20. The summed E-state index contributed by atoms with van der Waals surface area (Å²) in [6.07, 6.45) is -8.01. The number of benzene rings is 1. The summed E-state index contributed by atoms with van der Waals surface area (Å²) in [4.78, 5) is 24.0. The molecule has 0 N–H and O–H groups in total. The van der Waals surface area contributed by atoms with E-state index in [0.717, 1.165) is 21.6 Å². The molecule has 18 heteroatoms. The molecule has 200 valence electrons. The summed E-state index contributed by atoms with van der Waals surface area (Å²) < 4.78 is 117. The molecule has 1 unspecified atom stereocenters. The Labute approximate surface area is 200 Å². The number of esters is 1. The molecule has 0 fully saturated rings. The summed E-state index contributed by atoms with van der Waals surface area (Å²) in [7, 11) is -8.04. The normalized spacial score (nSPS) is 17.9. The van der Waals surface area contributed by atoms with Crippen LogP contribution >= 0.6 is 31.8 Å². The van der Waals surface area contributed by atoms with Gasteiger partial charge in [0.2, 0.25) is 6.10 Å². The minimum absolute atomic E-state index is 0.0383. The Morgan fingerprint density at radius 1 is 1.14 bits per heavy atom. The Morgan fingerprint density at radius 2 is 1.74 bits per heavy atom. The minimum Gasteiger partial charge on any atom is -0.475 e. The van der Waals surface area contributed by atoms with Gasteiger partial charge in [0.25, 0.3) is 5.09 Å². The van der Waals surface area contributed by atoms with Crippen molar-refractivity contribution in [3.05, 3.63) is 38.9 Å². The van der Waals surface area contributed by atoms with E-state index in [-0.39, 0.29) is 36.7 Å². The fraction of sp³-hybridized carbons (Fsp3) is 0.471. The lowest BCUT2D eigenvalue weighted by molar-refractivity contribution is -0.756. The summed E-state index contributed by atoms with van der Waals surface area (Å²) in [5.41, 5.74) is -2.52. The van der Waals surface area contributed by atoms with E-state index in [4.69, 9.17) is 9.47 Å². The van der Waals surface area contributed by atoms with Gasteiger partial charge < -0.3 is 14.3 Å². The summed E-state index contributed by atoms with van der Waals surface area (Å²) in [6.45, 7) is 0.596. The number of alkyl halides is 3. The summed E-state index contributed by atoms with van der Waals surface area (Å²) in [6, 6.07) is -0.0218. The topological polar surface area (TPSA) is 87.9 Å². The third kappa shape index (κ3) is 8.23. The highest BCUT2D eigenvalue weighted by Gasteiger charge is 2.65. The zero-order chi connectivity index (χ0) is 26.7. The number of halogens is 8. The maximum absolute atomic E-state index is 13.6. The minimum atomic E-state index is -10.2. The molecule has 0 amide bonds. The van der Waals surface area contributed by atoms with Crippen LogP contribution in [0, 0.1) is 10.1 Å². The number of hydrogen-bond acceptors (Lipinski definition) is 8. The van der Waals surface area contributed by atoms with Crippen LogP contribution in [0.25, 0.3) is 6.08 Å². The lowest BCUT2D eigenvalue weighted by Crippen LogP contribution is -2.41. The average molecular weight is 580 g/mol. The van der Waals surface area contributed by atoms with E-state index in [1.54, 1.807) is 0 Å². The van der Waals surface area contributed by atoms with Gasteiger partial charge in [0.05, 0.1) is 5.57 Å². The number of rotatable bonds is 11. The maximum Gasteiger partial charge on any atom is 0.430 e. The number of ether oxygens (including phenoxy) is 2. The summed E-state index contributed by atoms with van der Waals surface area (Å²) >= 11 is 0. The van der Waals surface area contributed by atoms with E-state index < -0.39 is 67.5 Å². The van der Waals surface area contributed by atoms with Crippen molar-refractivity contribution in [1.82, 2.24) is 0 Å². The smallest absolute Gasteiger partial charge is 0.430 e. The lowest BCUT2D eigenvalue weighted by atomic mass is 9.98. The highest BCUT2D eigenvalue weighted by atomic mass is 33.1. The van der Waals surface area contributed by atoms with Gasteiger partial charge in [-0.1, -0.05) is 47.9 Å². The van der Waals surface area contributed by atoms with Crippen molar-refractivity contribution in [2.45, 2.75) is 30.5 Å². The molecule has 1 aromatic carbocycles. The Kier molecular flexibility index (Phi) is 8.13. The van der Waals surface area contributed by atoms with Crippen LogP contribution in [0.3, 0.4) is 0 Å². The number of carbonyl (C=O) groups is 1. The summed E-state index contributed by atoms with van der Waals surface area (Å²) in [5, 5.41) is 9.00. The van der Waals surface area contributed by atoms with E-state index >= 15 is 0 Å². The van der Waals surface area contributed by atoms with Crippen LogP contribution in [-0.4, -0.2) is 48.1 Å². The Bertz CT molecular complexity index is 1020. The summed E-state index contributed by atoms with van der Waals surface area (Å²) in [5.74, 6) is -2.03. The molecule has 1 aliphatic heterocycles. The first-order chi connectivity index (χ1) is 15.8. The zero-order valence-electron chi connectivity index (χ0n) is 17.5. The van der Waals surface area contributed by atoms with Gasteiger partial charge in [0, 0.05) is 17.1 Å². The first-order valence-corrected chi connectivity index (χ1v) is 13.8. The number of carbonyl (C=O) groups excluding carboxylic acids is 1. The maximum atomic E-state index is 13.6. The second kappa shape index (κ2) is 9.76. The SMILES string of the molecule is CCc1cc(S(F)(F)(F)(F)F)cc2c1OC(C(F)(F)F)C(C(=O)OCCSSCCO[N+](=O)[O-])=C2. The van der Waals surface area contributed by atoms with E-state index in [1.807, 2.05) is 0 Å². The van der Waals surface area contributed by atoms with Crippen LogP contribution < -0.4 is 4.74 Å². The van der Waals surface area contributed by atoms with Gasteiger partial charge in [-0.15, -0.1) is 10.1 Å². The van der Waals surface area contributed by atoms with Crippen molar-refractivity contribution in [3.8, 4) is 5.75 Å². The van der Waals surface area contributed by atoms with Gasteiger partial charge in [0.15, 0.2) is 0 Å². The van der Waals surface area contributed by atoms with E-state index in [2.05, 4.69) is 4.84 Å². The average Bonchev–Trinajstić information content (AvgIpc) is 2.71. The van der Waals surface area contributed by atoms with E-state index in [1.165, 1.54) is 6.92 Å². The van der Waals surface area contributed by atoms with Crippen LogP contribution in [0.15, 0.2) is 22.6 Å². The number of fused-ring (bicyclic) bond motifs is 1. The number of aryl methyl sites for hydroxylation is 1. The fourth-order valence-electron chi connectivity index (χ4n) is 2.77. The van der Waals surface area contributed by atoms with Crippen molar-refractivity contribution in [2.75, 3.05) is 24.7 Å². The van der Waals surface area contributed by atoms with Crippen molar-refractivity contribution in [3.63, 3.8) is 0 Å². The van der Waals surface area contributed by atoms with E-state index in [9.17, 15) is 47.5 Å². The van der Waals surface area contributed by atoms with Gasteiger partial charge in [0.1, 0.15) is 23.9 Å². The quantitative estimate of drug-likeness (QED) is 0.0711. The second-order valence-electron chi connectivity index (χ2n) is 6.80.